The highest BCUT2D eigenvalue weighted by molar-refractivity contribution is 6.06. The number of anilines is 1. The van der Waals surface area contributed by atoms with Crippen molar-refractivity contribution in [2.45, 2.75) is 38.4 Å². The van der Waals surface area contributed by atoms with Crippen molar-refractivity contribution in [3.8, 4) is 0 Å². The molecule has 2 aromatic rings. The number of hydrogen-bond donors (Lipinski definition) is 2. The van der Waals surface area contributed by atoms with Gasteiger partial charge in [0.15, 0.2) is 0 Å². The minimum atomic E-state index is -2.47. The van der Waals surface area contributed by atoms with Gasteiger partial charge < -0.3 is 15.0 Å². The van der Waals surface area contributed by atoms with Crippen molar-refractivity contribution in [3.05, 3.63) is 64.7 Å². The first-order valence-corrected chi connectivity index (χ1v) is 10.9. The van der Waals surface area contributed by atoms with Crippen molar-refractivity contribution in [1.82, 2.24) is 15.1 Å². The molecule has 2 saturated heterocycles. The second-order valence-corrected chi connectivity index (χ2v) is 8.02. The van der Waals surface area contributed by atoms with Crippen LogP contribution in [-0.2, 0) is 33.8 Å². The van der Waals surface area contributed by atoms with Crippen molar-refractivity contribution in [2.24, 2.45) is 0 Å². The smallest absolute Gasteiger partial charge is 0.255 e. The molecule has 172 valence electrons. The number of benzene rings is 2. The van der Waals surface area contributed by atoms with E-state index < -0.39 is 43.3 Å². The van der Waals surface area contributed by atoms with Gasteiger partial charge in [-0.25, -0.2) is 0 Å². The third-order valence-corrected chi connectivity index (χ3v) is 5.77. The van der Waals surface area contributed by atoms with Crippen LogP contribution in [0.4, 0.5) is 5.69 Å². The van der Waals surface area contributed by atoms with Crippen LogP contribution in [0.15, 0.2) is 42.5 Å². The van der Waals surface area contributed by atoms with E-state index in [1.54, 1.807) is 17.0 Å². The number of rotatable bonds is 6. The number of amides is 3. The number of morpholine rings is 1. The Morgan fingerprint density at radius 2 is 1.91 bits per heavy atom. The second kappa shape index (κ2) is 9.33. The summed E-state index contributed by atoms with van der Waals surface area (Å²) >= 11 is 0. The van der Waals surface area contributed by atoms with Crippen molar-refractivity contribution in [3.63, 3.8) is 0 Å². The molecule has 3 amide bonds. The minimum absolute atomic E-state index is 0.0112. The maximum Gasteiger partial charge on any atom is 0.255 e. The predicted octanol–water partition coefficient (Wildman–Crippen LogP) is 1.89. The molecule has 1 atom stereocenters. The maximum atomic E-state index is 13.3. The standard InChI is InChI=1S/C25H28N4O4/c30-23-8-7-22(24(31)27-23)29-16-20-19(25(29)32)5-2-6-21(20)26-14-17-3-1-4-18(13-17)15-28-9-11-33-12-10-28/h1-6,13,22,26H,7-12,14-16H2,(H,27,30,31)/i14D2,15D2,16D2. The highest BCUT2D eigenvalue weighted by Gasteiger charge is 2.39. The molecule has 2 aromatic carbocycles. The Morgan fingerprint density at radius 1 is 1.12 bits per heavy atom. The molecule has 8 nitrogen and oxygen atoms in total. The molecular weight excluding hydrogens is 420 g/mol. The van der Waals surface area contributed by atoms with E-state index in [0.717, 1.165) is 4.90 Å². The van der Waals surface area contributed by atoms with Crippen LogP contribution in [0.5, 0.6) is 0 Å². The molecule has 3 aliphatic rings. The molecule has 3 heterocycles. The van der Waals surface area contributed by atoms with E-state index in [4.69, 9.17) is 13.0 Å². The van der Waals surface area contributed by atoms with Crippen LogP contribution in [0.1, 0.15) is 48.1 Å². The Bertz CT molecular complexity index is 1330. The third kappa shape index (κ3) is 4.62. The van der Waals surface area contributed by atoms with Crippen molar-refractivity contribution < 1.29 is 27.3 Å². The first-order valence-electron chi connectivity index (χ1n) is 13.9. The van der Waals surface area contributed by atoms with Gasteiger partial charge in [-0.15, -0.1) is 0 Å². The van der Waals surface area contributed by atoms with Crippen LogP contribution in [0.2, 0.25) is 0 Å². The lowest BCUT2D eigenvalue weighted by Crippen LogP contribution is -2.52. The van der Waals surface area contributed by atoms with Crippen LogP contribution in [0, 0.1) is 0 Å². The molecule has 0 radical (unpaired) electrons. The quantitative estimate of drug-likeness (QED) is 0.648. The largest absolute Gasteiger partial charge is 0.381 e. The normalized spacial score (nSPS) is 26.2. The number of carbonyl (C=O) groups excluding carboxylic acids is 3. The SMILES string of the molecule is [2H]C([2H])(Nc1cccc2c1C([2H])([2H])N(C1CCC(=O)NC1=O)C2=O)c1cccc(C([2H])([2H])N2CCOCC2)c1. The van der Waals surface area contributed by atoms with Gasteiger partial charge in [0.25, 0.3) is 5.91 Å². The highest BCUT2D eigenvalue weighted by atomic mass is 16.5. The summed E-state index contributed by atoms with van der Waals surface area (Å²) in [5, 5.41) is 4.87. The fourth-order valence-electron chi connectivity index (χ4n) is 4.07. The summed E-state index contributed by atoms with van der Waals surface area (Å²) in [6.45, 7) is -5.03. The molecule has 2 fully saturated rings. The lowest BCUT2D eigenvalue weighted by atomic mass is 10.0. The number of piperidine rings is 1. The van der Waals surface area contributed by atoms with Gasteiger partial charge in [-0.2, -0.15) is 0 Å². The van der Waals surface area contributed by atoms with Crippen molar-refractivity contribution >= 4 is 23.4 Å². The van der Waals surface area contributed by atoms with Gasteiger partial charge in [0.1, 0.15) is 6.04 Å². The molecule has 3 aliphatic heterocycles. The summed E-state index contributed by atoms with van der Waals surface area (Å²) < 4.78 is 57.8. The van der Waals surface area contributed by atoms with E-state index in [1.165, 1.54) is 30.3 Å². The number of ether oxygens (including phenoxy) is 1. The Hall–Kier alpha value is -3.23. The molecule has 0 bridgehead atoms. The maximum absolute atomic E-state index is 13.3. The molecule has 5 rings (SSSR count). The number of nitrogens with zero attached hydrogens (tertiary/aromatic N) is 2. The van der Waals surface area contributed by atoms with Gasteiger partial charge in [-0.05, 0) is 29.7 Å². The third-order valence-electron chi connectivity index (χ3n) is 5.77. The monoisotopic (exact) mass is 454 g/mol. The fraction of sp³-hybridized carbons (Fsp3) is 0.400. The van der Waals surface area contributed by atoms with Crippen molar-refractivity contribution in [1.29, 1.82) is 0 Å². The van der Waals surface area contributed by atoms with E-state index in [9.17, 15) is 14.4 Å². The molecule has 2 N–H and O–H groups in total. The summed E-state index contributed by atoms with van der Waals surface area (Å²) in [7, 11) is 0. The van der Waals surface area contributed by atoms with Crippen LogP contribution in [-0.4, -0.2) is 59.9 Å². The fourth-order valence-corrected chi connectivity index (χ4v) is 4.07. The van der Waals surface area contributed by atoms with Gasteiger partial charge in [0.2, 0.25) is 11.8 Å². The zero-order chi connectivity index (χ0) is 28.2. The molecule has 0 aromatic heterocycles. The highest BCUT2D eigenvalue weighted by Crippen LogP contribution is 2.32. The Kier molecular flexibility index (Phi) is 4.40. The molecule has 33 heavy (non-hydrogen) atoms. The number of fused-ring (bicyclic) bond motifs is 1. The average molecular weight is 455 g/mol. The molecular formula is C25H28N4O4. The summed E-state index contributed by atoms with van der Waals surface area (Å²) in [6, 6.07) is 9.25. The summed E-state index contributed by atoms with van der Waals surface area (Å²) in [5.41, 5.74) is 0.278. The first kappa shape index (κ1) is 15.6. The number of imide groups is 1. The van der Waals surface area contributed by atoms with E-state index >= 15 is 0 Å². The van der Waals surface area contributed by atoms with Gasteiger partial charge in [-0.3, -0.25) is 24.6 Å². The number of nitrogens with one attached hydrogen (secondary N) is 2. The van der Waals surface area contributed by atoms with Gasteiger partial charge in [-0.1, -0.05) is 30.3 Å². The van der Waals surface area contributed by atoms with E-state index in [2.05, 4.69) is 10.6 Å². The van der Waals surface area contributed by atoms with E-state index in [1.807, 2.05) is 0 Å². The first-order chi connectivity index (χ1) is 18.3. The molecule has 0 aliphatic carbocycles. The Morgan fingerprint density at radius 3 is 2.73 bits per heavy atom. The minimum Gasteiger partial charge on any atom is -0.381 e. The average Bonchev–Trinajstić information content (AvgIpc) is 3.10. The van der Waals surface area contributed by atoms with Crippen LogP contribution in [0.25, 0.3) is 0 Å². The van der Waals surface area contributed by atoms with Crippen molar-refractivity contribution in [2.75, 3.05) is 31.6 Å². The summed E-state index contributed by atoms with van der Waals surface area (Å²) in [6.07, 6.45) is -0.0556. The van der Waals surface area contributed by atoms with Gasteiger partial charge >= 0.3 is 0 Å². The zero-order valence-electron chi connectivity index (χ0n) is 23.9. The van der Waals surface area contributed by atoms with Gasteiger partial charge in [0, 0.05) is 58.6 Å². The lowest BCUT2D eigenvalue weighted by molar-refractivity contribution is -0.136. The molecule has 8 heteroatoms. The topological polar surface area (TPSA) is 91.0 Å². The summed E-state index contributed by atoms with van der Waals surface area (Å²) in [4.78, 5) is 39.8. The van der Waals surface area contributed by atoms with Crippen LogP contribution in [0.3, 0.4) is 0 Å². The lowest BCUT2D eigenvalue weighted by Gasteiger charge is -2.29. The molecule has 0 spiro atoms. The van der Waals surface area contributed by atoms with Crippen LogP contribution >= 0.6 is 0 Å². The second-order valence-electron chi connectivity index (χ2n) is 8.02. The molecule has 1 unspecified atom stereocenters. The molecule has 0 saturated carbocycles. The van der Waals surface area contributed by atoms with E-state index in [0.29, 0.717) is 26.3 Å². The predicted molar refractivity (Wildman–Crippen MR) is 122 cm³/mol. The van der Waals surface area contributed by atoms with E-state index in [-0.39, 0.29) is 40.8 Å². The Labute approximate surface area is 201 Å². The van der Waals surface area contributed by atoms with Gasteiger partial charge in [0.05, 0.1) is 18.7 Å². The Balaban J connectivity index is 1.46. The number of carbonyl (C=O) groups is 3. The van der Waals surface area contributed by atoms with Crippen LogP contribution < -0.4 is 10.6 Å². The zero-order valence-corrected chi connectivity index (χ0v) is 17.9. The summed E-state index contributed by atoms with van der Waals surface area (Å²) in [5.74, 6) is -1.97. The number of hydrogen-bond acceptors (Lipinski definition) is 6.